The highest BCUT2D eigenvalue weighted by Crippen LogP contribution is 2.27. The van der Waals surface area contributed by atoms with Gasteiger partial charge in [-0.3, -0.25) is 9.13 Å². The van der Waals surface area contributed by atoms with E-state index in [2.05, 4.69) is 16.0 Å². The van der Waals surface area contributed by atoms with Gasteiger partial charge < -0.3 is 10.6 Å². The molecule has 7 nitrogen and oxygen atoms in total. The van der Waals surface area contributed by atoms with Crippen molar-refractivity contribution in [3.63, 3.8) is 0 Å². The zero-order chi connectivity index (χ0) is 19.0. The standard InChI is InChI=1S/C20H22N6O/c1-24-19-18(17(8-9-23-19)25-10-4-7-16(22)13-25)26(20(24)27)12-15-6-3-2-5-14(15)11-21/h2-3,5-6,8-9,16H,4,7,10,12-13,22H2,1H3. The predicted molar refractivity (Wildman–Crippen MR) is 105 cm³/mol. The first-order chi connectivity index (χ1) is 13.1. The highest BCUT2D eigenvalue weighted by atomic mass is 16.1. The molecule has 138 valence electrons. The number of imidazole rings is 1. The summed E-state index contributed by atoms with van der Waals surface area (Å²) in [4.78, 5) is 19.6. The number of nitriles is 1. The summed E-state index contributed by atoms with van der Waals surface area (Å²) >= 11 is 0. The summed E-state index contributed by atoms with van der Waals surface area (Å²) in [6.45, 7) is 2.00. The monoisotopic (exact) mass is 362 g/mol. The molecule has 0 saturated carbocycles. The van der Waals surface area contributed by atoms with Crippen molar-refractivity contribution in [2.24, 2.45) is 12.8 Å². The fraction of sp³-hybridized carbons (Fsp3) is 0.350. The topological polar surface area (TPSA) is 92.9 Å². The Bertz CT molecular complexity index is 1090. The van der Waals surface area contributed by atoms with Crippen molar-refractivity contribution in [3.05, 3.63) is 58.1 Å². The number of nitrogens with two attached hydrogens (primary N) is 1. The predicted octanol–water partition coefficient (Wildman–Crippen LogP) is 1.58. The molecule has 1 aliphatic rings. The molecule has 3 heterocycles. The lowest BCUT2D eigenvalue weighted by Crippen LogP contribution is -2.43. The van der Waals surface area contributed by atoms with Crippen LogP contribution in [0.1, 0.15) is 24.0 Å². The molecule has 2 aromatic heterocycles. The molecule has 1 unspecified atom stereocenters. The highest BCUT2D eigenvalue weighted by molar-refractivity contribution is 5.87. The van der Waals surface area contributed by atoms with Gasteiger partial charge >= 0.3 is 5.69 Å². The van der Waals surface area contributed by atoms with E-state index in [0.29, 0.717) is 17.8 Å². The summed E-state index contributed by atoms with van der Waals surface area (Å²) in [6.07, 6.45) is 3.78. The van der Waals surface area contributed by atoms with Crippen molar-refractivity contribution in [2.75, 3.05) is 18.0 Å². The van der Waals surface area contributed by atoms with Crippen LogP contribution in [-0.4, -0.2) is 33.2 Å². The van der Waals surface area contributed by atoms with Crippen LogP contribution in [0.3, 0.4) is 0 Å². The zero-order valence-electron chi connectivity index (χ0n) is 15.3. The Morgan fingerprint density at radius 3 is 2.93 bits per heavy atom. The van der Waals surface area contributed by atoms with Crippen LogP contribution < -0.4 is 16.3 Å². The summed E-state index contributed by atoms with van der Waals surface area (Å²) in [5.74, 6) is 0. The molecule has 0 spiro atoms. The van der Waals surface area contributed by atoms with E-state index in [1.165, 1.54) is 0 Å². The molecule has 1 fully saturated rings. The van der Waals surface area contributed by atoms with Crippen molar-refractivity contribution >= 4 is 16.9 Å². The van der Waals surface area contributed by atoms with Gasteiger partial charge in [0.2, 0.25) is 0 Å². The Morgan fingerprint density at radius 1 is 1.33 bits per heavy atom. The van der Waals surface area contributed by atoms with Crippen LogP contribution in [0.15, 0.2) is 41.3 Å². The molecule has 0 radical (unpaired) electrons. The quantitative estimate of drug-likeness (QED) is 0.764. The number of fused-ring (bicyclic) bond motifs is 1. The second kappa shape index (κ2) is 6.89. The lowest BCUT2D eigenvalue weighted by molar-refractivity contribution is 0.506. The molecule has 1 atom stereocenters. The van der Waals surface area contributed by atoms with Crippen molar-refractivity contribution in [1.29, 1.82) is 5.26 Å². The van der Waals surface area contributed by atoms with E-state index >= 15 is 0 Å². The molecule has 27 heavy (non-hydrogen) atoms. The third-order valence-corrected chi connectivity index (χ3v) is 5.25. The maximum absolute atomic E-state index is 13.0. The number of anilines is 1. The summed E-state index contributed by atoms with van der Waals surface area (Å²) in [6, 6.07) is 11.7. The Morgan fingerprint density at radius 2 is 2.15 bits per heavy atom. The van der Waals surface area contributed by atoms with Crippen LogP contribution in [0.25, 0.3) is 11.2 Å². The van der Waals surface area contributed by atoms with Crippen LogP contribution in [-0.2, 0) is 13.6 Å². The first kappa shape index (κ1) is 17.3. The summed E-state index contributed by atoms with van der Waals surface area (Å²) in [7, 11) is 1.73. The zero-order valence-corrected chi connectivity index (χ0v) is 15.3. The van der Waals surface area contributed by atoms with Crippen LogP contribution in [0.2, 0.25) is 0 Å². The third-order valence-electron chi connectivity index (χ3n) is 5.25. The Hall–Kier alpha value is -3.11. The molecule has 0 amide bonds. The molecule has 1 saturated heterocycles. The number of aryl methyl sites for hydroxylation is 1. The molecule has 1 aromatic carbocycles. The van der Waals surface area contributed by atoms with Crippen LogP contribution in [0.5, 0.6) is 0 Å². The fourth-order valence-electron chi connectivity index (χ4n) is 3.87. The van der Waals surface area contributed by atoms with Gasteiger partial charge in [0.15, 0.2) is 5.65 Å². The largest absolute Gasteiger partial charge is 0.368 e. The summed E-state index contributed by atoms with van der Waals surface area (Å²) in [5.41, 5.74) is 9.85. The molecule has 0 bridgehead atoms. The minimum absolute atomic E-state index is 0.130. The Kier molecular flexibility index (Phi) is 4.42. The second-order valence-electron chi connectivity index (χ2n) is 7.05. The molecular weight excluding hydrogens is 340 g/mol. The number of hydrogen-bond donors (Lipinski definition) is 1. The van der Waals surface area contributed by atoms with E-state index in [4.69, 9.17) is 5.73 Å². The third kappa shape index (κ3) is 2.98. The van der Waals surface area contributed by atoms with E-state index in [-0.39, 0.29) is 11.7 Å². The van der Waals surface area contributed by atoms with Gasteiger partial charge in [0.25, 0.3) is 0 Å². The normalized spacial score (nSPS) is 17.2. The molecule has 7 heteroatoms. The van der Waals surface area contributed by atoms with Gasteiger partial charge in [0.1, 0.15) is 5.52 Å². The fourth-order valence-corrected chi connectivity index (χ4v) is 3.87. The minimum atomic E-state index is -0.140. The maximum Gasteiger partial charge on any atom is 0.330 e. The number of pyridine rings is 1. The van der Waals surface area contributed by atoms with Crippen molar-refractivity contribution in [1.82, 2.24) is 14.1 Å². The van der Waals surface area contributed by atoms with Crippen LogP contribution in [0.4, 0.5) is 5.69 Å². The number of aromatic nitrogens is 3. The van der Waals surface area contributed by atoms with Gasteiger partial charge in [-0.15, -0.1) is 0 Å². The number of nitrogens with zero attached hydrogens (tertiary/aromatic N) is 5. The van der Waals surface area contributed by atoms with Crippen molar-refractivity contribution < 1.29 is 0 Å². The van der Waals surface area contributed by atoms with E-state index in [9.17, 15) is 10.1 Å². The molecule has 4 rings (SSSR count). The van der Waals surface area contributed by atoms with Crippen molar-refractivity contribution in [2.45, 2.75) is 25.4 Å². The average Bonchev–Trinajstić information content (AvgIpc) is 2.93. The molecule has 1 aliphatic heterocycles. The molecular formula is C20H22N6O. The lowest BCUT2D eigenvalue weighted by atomic mass is 10.1. The lowest BCUT2D eigenvalue weighted by Gasteiger charge is -2.33. The minimum Gasteiger partial charge on any atom is -0.368 e. The Balaban J connectivity index is 1.89. The second-order valence-corrected chi connectivity index (χ2v) is 7.05. The summed E-state index contributed by atoms with van der Waals surface area (Å²) in [5, 5.41) is 9.39. The first-order valence-corrected chi connectivity index (χ1v) is 9.13. The van der Waals surface area contributed by atoms with E-state index in [1.54, 1.807) is 28.4 Å². The molecule has 0 aliphatic carbocycles. The van der Waals surface area contributed by atoms with Gasteiger partial charge in [-0.25, -0.2) is 9.78 Å². The SMILES string of the molecule is Cn1c(=O)n(Cc2ccccc2C#N)c2c(N3CCCC(N)C3)ccnc21. The first-order valence-electron chi connectivity index (χ1n) is 9.13. The van der Waals surface area contributed by atoms with E-state index in [1.807, 2.05) is 24.3 Å². The van der Waals surface area contributed by atoms with Gasteiger partial charge in [-0.1, -0.05) is 18.2 Å². The van der Waals surface area contributed by atoms with Gasteiger partial charge in [-0.2, -0.15) is 5.26 Å². The van der Waals surface area contributed by atoms with Gasteiger partial charge in [0.05, 0.1) is 23.9 Å². The van der Waals surface area contributed by atoms with E-state index < -0.39 is 0 Å². The van der Waals surface area contributed by atoms with Crippen LogP contribution in [0, 0.1) is 11.3 Å². The molecule has 3 aromatic rings. The average molecular weight is 362 g/mol. The van der Waals surface area contributed by atoms with Gasteiger partial charge in [-0.05, 0) is 30.5 Å². The van der Waals surface area contributed by atoms with Crippen LogP contribution >= 0.6 is 0 Å². The highest BCUT2D eigenvalue weighted by Gasteiger charge is 2.23. The molecule has 2 N–H and O–H groups in total. The maximum atomic E-state index is 13.0. The summed E-state index contributed by atoms with van der Waals surface area (Å²) < 4.78 is 3.28. The Labute approximate surface area is 157 Å². The smallest absolute Gasteiger partial charge is 0.330 e. The number of rotatable bonds is 3. The number of piperidine rings is 1. The van der Waals surface area contributed by atoms with Gasteiger partial charge in [0, 0.05) is 32.4 Å². The van der Waals surface area contributed by atoms with E-state index in [0.717, 1.165) is 42.7 Å². The number of hydrogen-bond acceptors (Lipinski definition) is 5. The van der Waals surface area contributed by atoms with Crippen molar-refractivity contribution in [3.8, 4) is 6.07 Å². The number of benzene rings is 1.